The summed E-state index contributed by atoms with van der Waals surface area (Å²) >= 11 is 0. The van der Waals surface area contributed by atoms with E-state index in [0.717, 1.165) is 58.7 Å². The first-order valence-corrected chi connectivity index (χ1v) is 9.77. The lowest BCUT2D eigenvalue weighted by molar-refractivity contribution is -0.130. The molecule has 0 saturated carbocycles. The first-order valence-electron chi connectivity index (χ1n) is 9.77. The quantitative estimate of drug-likeness (QED) is 0.756. The number of nitrogens with zero attached hydrogens (tertiary/aromatic N) is 5. The smallest absolute Gasteiger partial charge is 0.222 e. The normalized spacial score (nSPS) is 25.8. The summed E-state index contributed by atoms with van der Waals surface area (Å²) in [4.78, 5) is 23.7. The molecule has 0 N–H and O–H groups in total. The Hall–Kier alpha value is -1.44. The van der Waals surface area contributed by atoms with Crippen LogP contribution in [0.25, 0.3) is 0 Å². The van der Waals surface area contributed by atoms with Gasteiger partial charge in [0, 0.05) is 71.1 Å². The van der Waals surface area contributed by atoms with Crippen LogP contribution < -0.4 is 0 Å². The van der Waals surface area contributed by atoms with Crippen LogP contribution in [0.2, 0.25) is 0 Å². The van der Waals surface area contributed by atoms with Gasteiger partial charge in [0.2, 0.25) is 5.91 Å². The highest BCUT2D eigenvalue weighted by Crippen LogP contribution is 2.32. The van der Waals surface area contributed by atoms with Crippen LogP contribution in [0.15, 0.2) is 12.5 Å². The number of piperazine rings is 1. The second-order valence-electron chi connectivity index (χ2n) is 7.65. The zero-order chi connectivity index (χ0) is 18.6. The van der Waals surface area contributed by atoms with E-state index in [0.29, 0.717) is 18.9 Å². The lowest BCUT2D eigenvalue weighted by Crippen LogP contribution is -2.60. The van der Waals surface area contributed by atoms with Crippen molar-refractivity contribution in [2.24, 2.45) is 0 Å². The highest BCUT2D eigenvalue weighted by molar-refractivity contribution is 5.76. The molecule has 7 heteroatoms. The SMILES string of the molecule is CCN1CC[C@]2(CCC1=O)CN(Cc1cncn1CCOC)CCN2C. The van der Waals surface area contributed by atoms with Crippen molar-refractivity contribution in [1.82, 2.24) is 24.3 Å². The van der Waals surface area contributed by atoms with E-state index in [-0.39, 0.29) is 5.54 Å². The number of rotatable bonds is 6. The topological polar surface area (TPSA) is 53.8 Å². The Morgan fingerprint density at radius 1 is 1.27 bits per heavy atom. The van der Waals surface area contributed by atoms with E-state index < -0.39 is 0 Å². The van der Waals surface area contributed by atoms with Crippen molar-refractivity contribution < 1.29 is 9.53 Å². The zero-order valence-electron chi connectivity index (χ0n) is 16.5. The van der Waals surface area contributed by atoms with Gasteiger partial charge >= 0.3 is 0 Å². The molecule has 7 nitrogen and oxygen atoms in total. The second kappa shape index (κ2) is 8.50. The number of ether oxygens (including phenoxy) is 1. The standard InChI is InChI=1S/C19H33N5O2/c1-4-23-8-7-19(6-5-18(23)25)15-22(10-9-21(19)2)14-17-13-20-16-24(17)11-12-26-3/h13,16H,4-12,14-15H2,1-3H3/t19-/m1/s1. The van der Waals surface area contributed by atoms with Crippen molar-refractivity contribution in [1.29, 1.82) is 0 Å². The summed E-state index contributed by atoms with van der Waals surface area (Å²) in [7, 11) is 3.96. The Kier molecular flexibility index (Phi) is 6.32. The minimum Gasteiger partial charge on any atom is -0.383 e. The molecule has 0 bridgehead atoms. The lowest BCUT2D eigenvalue weighted by Gasteiger charge is -2.49. The zero-order valence-corrected chi connectivity index (χ0v) is 16.5. The molecule has 0 aliphatic carbocycles. The van der Waals surface area contributed by atoms with E-state index in [1.807, 2.05) is 17.4 Å². The van der Waals surface area contributed by atoms with Crippen LogP contribution in [0.4, 0.5) is 0 Å². The Labute approximate surface area is 156 Å². The maximum atomic E-state index is 12.3. The molecule has 2 aliphatic rings. The van der Waals surface area contributed by atoms with Crippen molar-refractivity contribution in [2.75, 3.05) is 53.5 Å². The summed E-state index contributed by atoms with van der Waals surface area (Å²) in [5.41, 5.74) is 1.34. The fraction of sp³-hybridized carbons (Fsp3) is 0.789. The lowest BCUT2D eigenvalue weighted by atomic mass is 9.86. The predicted molar refractivity (Wildman–Crippen MR) is 101 cm³/mol. The fourth-order valence-electron chi connectivity index (χ4n) is 4.34. The number of amides is 1. The highest BCUT2D eigenvalue weighted by atomic mass is 16.5. The van der Waals surface area contributed by atoms with E-state index in [2.05, 4.69) is 33.3 Å². The van der Waals surface area contributed by atoms with Gasteiger partial charge in [0.25, 0.3) is 0 Å². The van der Waals surface area contributed by atoms with E-state index >= 15 is 0 Å². The molecule has 146 valence electrons. The van der Waals surface area contributed by atoms with Gasteiger partial charge in [0.15, 0.2) is 0 Å². The van der Waals surface area contributed by atoms with Crippen LogP contribution in [0.3, 0.4) is 0 Å². The molecule has 1 aromatic rings. The van der Waals surface area contributed by atoms with Crippen molar-refractivity contribution in [3.63, 3.8) is 0 Å². The molecular weight excluding hydrogens is 330 g/mol. The number of likely N-dealkylation sites (tertiary alicyclic amines) is 1. The maximum absolute atomic E-state index is 12.3. The molecule has 0 unspecified atom stereocenters. The third-order valence-electron chi connectivity index (χ3n) is 6.19. The number of carbonyl (C=O) groups is 1. The molecule has 3 rings (SSSR count). The Bertz CT molecular complexity index is 605. The molecular formula is C19H33N5O2. The molecule has 2 aliphatic heterocycles. The first-order chi connectivity index (χ1) is 12.6. The summed E-state index contributed by atoms with van der Waals surface area (Å²) < 4.78 is 7.39. The van der Waals surface area contributed by atoms with Crippen LogP contribution >= 0.6 is 0 Å². The van der Waals surface area contributed by atoms with Crippen molar-refractivity contribution >= 4 is 5.91 Å². The van der Waals surface area contributed by atoms with E-state index in [9.17, 15) is 4.79 Å². The third-order valence-corrected chi connectivity index (χ3v) is 6.19. The average molecular weight is 364 g/mol. The van der Waals surface area contributed by atoms with Gasteiger partial charge in [-0.2, -0.15) is 0 Å². The molecule has 0 aromatic carbocycles. The van der Waals surface area contributed by atoms with Crippen LogP contribution in [0, 0.1) is 0 Å². The van der Waals surface area contributed by atoms with Gasteiger partial charge in [0.05, 0.1) is 18.6 Å². The fourth-order valence-corrected chi connectivity index (χ4v) is 4.34. The molecule has 1 aromatic heterocycles. The van der Waals surface area contributed by atoms with Gasteiger partial charge in [-0.25, -0.2) is 4.98 Å². The highest BCUT2D eigenvalue weighted by Gasteiger charge is 2.42. The summed E-state index contributed by atoms with van der Waals surface area (Å²) in [5.74, 6) is 0.313. The molecule has 3 heterocycles. The van der Waals surface area contributed by atoms with Crippen molar-refractivity contribution in [3.8, 4) is 0 Å². The van der Waals surface area contributed by atoms with E-state index in [4.69, 9.17) is 4.74 Å². The summed E-state index contributed by atoms with van der Waals surface area (Å²) in [5, 5.41) is 0. The molecule has 2 saturated heterocycles. The summed E-state index contributed by atoms with van der Waals surface area (Å²) in [6, 6.07) is 0. The number of methoxy groups -OCH3 is 1. The minimum atomic E-state index is 0.106. The monoisotopic (exact) mass is 363 g/mol. The number of aromatic nitrogens is 2. The van der Waals surface area contributed by atoms with Gasteiger partial charge < -0.3 is 14.2 Å². The molecule has 1 spiro atoms. The van der Waals surface area contributed by atoms with Gasteiger partial charge in [-0.15, -0.1) is 0 Å². The van der Waals surface area contributed by atoms with Gasteiger partial charge in [0.1, 0.15) is 0 Å². The first kappa shape index (κ1) is 19.3. The molecule has 26 heavy (non-hydrogen) atoms. The van der Waals surface area contributed by atoms with Crippen LogP contribution in [-0.2, 0) is 22.6 Å². The number of hydrogen-bond acceptors (Lipinski definition) is 5. The summed E-state index contributed by atoms with van der Waals surface area (Å²) in [6.07, 6.45) is 6.54. The molecule has 2 fully saturated rings. The maximum Gasteiger partial charge on any atom is 0.222 e. The van der Waals surface area contributed by atoms with Crippen LogP contribution in [0.1, 0.15) is 31.9 Å². The van der Waals surface area contributed by atoms with Gasteiger partial charge in [-0.05, 0) is 26.8 Å². The third kappa shape index (κ3) is 4.10. The number of likely N-dealkylation sites (N-methyl/N-ethyl adjacent to an activating group) is 1. The van der Waals surface area contributed by atoms with Gasteiger partial charge in [-0.3, -0.25) is 14.6 Å². The van der Waals surface area contributed by atoms with E-state index in [1.165, 1.54) is 5.69 Å². The van der Waals surface area contributed by atoms with Gasteiger partial charge in [-0.1, -0.05) is 0 Å². The Morgan fingerprint density at radius 3 is 2.88 bits per heavy atom. The molecule has 0 radical (unpaired) electrons. The Balaban J connectivity index is 1.68. The average Bonchev–Trinajstić information content (AvgIpc) is 3.01. The summed E-state index contributed by atoms with van der Waals surface area (Å²) in [6.45, 7) is 9.34. The second-order valence-corrected chi connectivity index (χ2v) is 7.65. The largest absolute Gasteiger partial charge is 0.383 e. The minimum absolute atomic E-state index is 0.106. The number of hydrogen-bond donors (Lipinski definition) is 0. The number of imidazole rings is 1. The molecule has 1 amide bonds. The van der Waals surface area contributed by atoms with Crippen LogP contribution in [0.5, 0.6) is 0 Å². The van der Waals surface area contributed by atoms with Crippen molar-refractivity contribution in [3.05, 3.63) is 18.2 Å². The number of carbonyl (C=O) groups excluding carboxylic acids is 1. The predicted octanol–water partition coefficient (Wildman–Crippen LogP) is 1.05. The Morgan fingerprint density at radius 2 is 2.12 bits per heavy atom. The van der Waals surface area contributed by atoms with E-state index in [1.54, 1.807) is 7.11 Å². The molecule has 1 atom stereocenters. The van der Waals surface area contributed by atoms with Crippen LogP contribution in [-0.4, -0.2) is 89.2 Å². The van der Waals surface area contributed by atoms with Crippen molar-refractivity contribution in [2.45, 2.75) is 44.8 Å².